The smallest absolute Gasteiger partial charge is 0.255 e. The lowest BCUT2D eigenvalue weighted by Gasteiger charge is -2.28. The first-order valence-corrected chi connectivity index (χ1v) is 8.41. The zero-order valence-electron chi connectivity index (χ0n) is 13.5. The average Bonchev–Trinajstić information content (AvgIpc) is 3.26. The molecule has 0 saturated heterocycles. The van der Waals surface area contributed by atoms with Crippen molar-refractivity contribution in [3.8, 4) is 5.95 Å². The summed E-state index contributed by atoms with van der Waals surface area (Å²) in [5, 5.41) is 7.70. The second kappa shape index (κ2) is 5.75. The maximum absolute atomic E-state index is 13.3. The average molecular weight is 334 g/mol. The molecule has 2 fully saturated rings. The van der Waals surface area contributed by atoms with E-state index >= 15 is 0 Å². The minimum atomic E-state index is -2.54. The second-order valence-electron chi connectivity index (χ2n) is 6.74. The lowest BCUT2D eigenvalue weighted by molar-refractivity contribution is -0.0361. The van der Waals surface area contributed by atoms with Crippen LogP contribution in [0, 0.1) is 6.92 Å². The van der Waals surface area contributed by atoms with E-state index in [2.05, 4.69) is 25.4 Å². The summed E-state index contributed by atoms with van der Waals surface area (Å²) in [7, 11) is 0. The molecule has 0 aliphatic heterocycles. The van der Waals surface area contributed by atoms with E-state index < -0.39 is 5.92 Å². The number of hydrogen-bond donors (Lipinski definition) is 1. The molecule has 6 nitrogen and oxygen atoms in total. The molecule has 0 spiro atoms. The van der Waals surface area contributed by atoms with Gasteiger partial charge < -0.3 is 5.32 Å². The number of aryl methyl sites for hydroxylation is 1. The standard InChI is InChI=1S/C16H20F2N6/c1-10-19-14(21-12-4-7-16(17,18)8-5-12)22-15(20-10)24-9-6-13(23-24)11-2-3-11/h6,9,11-12H,2-5,7-8H2,1H3,(H,19,20,21,22). The van der Waals surface area contributed by atoms with Gasteiger partial charge in [-0.2, -0.15) is 20.1 Å². The van der Waals surface area contributed by atoms with E-state index in [0.29, 0.717) is 36.5 Å². The van der Waals surface area contributed by atoms with Crippen molar-refractivity contribution in [2.45, 2.75) is 63.3 Å². The van der Waals surface area contributed by atoms with Crippen LogP contribution in [0.25, 0.3) is 5.95 Å². The van der Waals surface area contributed by atoms with E-state index in [4.69, 9.17) is 0 Å². The van der Waals surface area contributed by atoms with E-state index in [1.165, 1.54) is 12.8 Å². The third-order valence-electron chi connectivity index (χ3n) is 4.60. The third kappa shape index (κ3) is 3.37. The molecular formula is C16H20F2N6. The SMILES string of the molecule is Cc1nc(NC2CCC(F)(F)CC2)nc(-n2ccc(C3CC3)n2)n1. The molecule has 0 bridgehead atoms. The molecule has 0 aromatic carbocycles. The van der Waals surface area contributed by atoms with Gasteiger partial charge >= 0.3 is 0 Å². The van der Waals surface area contributed by atoms with E-state index in [9.17, 15) is 8.78 Å². The Morgan fingerprint density at radius 3 is 2.58 bits per heavy atom. The highest BCUT2D eigenvalue weighted by Gasteiger charge is 2.35. The highest BCUT2D eigenvalue weighted by molar-refractivity contribution is 5.30. The Kier molecular flexibility index (Phi) is 3.69. The summed E-state index contributed by atoms with van der Waals surface area (Å²) in [6, 6.07) is 1.96. The molecule has 0 radical (unpaired) electrons. The maximum atomic E-state index is 13.3. The molecule has 2 aliphatic carbocycles. The maximum Gasteiger partial charge on any atom is 0.255 e. The van der Waals surface area contributed by atoms with E-state index in [1.54, 1.807) is 11.6 Å². The highest BCUT2D eigenvalue weighted by atomic mass is 19.3. The second-order valence-corrected chi connectivity index (χ2v) is 6.74. The molecule has 8 heteroatoms. The lowest BCUT2D eigenvalue weighted by Crippen LogP contribution is -2.32. The Morgan fingerprint density at radius 2 is 1.88 bits per heavy atom. The summed E-state index contributed by atoms with van der Waals surface area (Å²) in [6.45, 7) is 1.79. The van der Waals surface area contributed by atoms with Crippen molar-refractivity contribution in [2.24, 2.45) is 0 Å². The lowest BCUT2D eigenvalue weighted by atomic mass is 9.92. The van der Waals surface area contributed by atoms with E-state index in [0.717, 1.165) is 5.69 Å². The quantitative estimate of drug-likeness (QED) is 0.930. The zero-order chi connectivity index (χ0) is 16.7. The van der Waals surface area contributed by atoms with Gasteiger partial charge in [-0.1, -0.05) is 0 Å². The predicted octanol–water partition coefficient (Wildman–Crippen LogP) is 3.23. The number of alkyl halides is 2. The van der Waals surface area contributed by atoms with Gasteiger partial charge in [-0.3, -0.25) is 0 Å². The van der Waals surface area contributed by atoms with Gasteiger partial charge in [-0.15, -0.1) is 0 Å². The number of rotatable bonds is 4. The van der Waals surface area contributed by atoms with Gasteiger partial charge in [0.15, 0.2) is 0 Å². The molecule has 0 atom stereocenters. The van der Waals surface area contributed by atoms with Crippen LogP contribution in [-0.2, 0) is 0 Å². The number of hydrogen-bond acceptors (Lipinski definition) is 5. The van der Waals surface area contributed by atoms with Crippen molar-refractivity contribution in [3.63, 3.8) is 0 Å². The highest BCUT2D eigenvalue weighted by Crippen LogP contribution is 2.39. The monoisotopic (exact) mass is 334 g/mol. The Morgan fingerprint density at radius 1 is 1.12 bits per heavy atom. The summed E-state index contributed by atoms with van der Waals surface area (Å²) in [5.74, 6) is -0.510. The molecule has 0 amide bonds. The van der Waals surface area contributed by atoms with Crippen LogP contribution < -0.4 is 5.32 Å². The van der Waals surface area contributed by atoms with Gasteiger partial charge in [0.05, 0.1) is 5.69 Å². The molecule has 24 heavy (non-hydrogen) atoms. The number of aromatic nitrogens is 5. The zero-order valence-corrected chi connectivity index (χ0v) is 13.5. The Balaban J connectivity index is 1.50. The van der Waals surface area contributed by atoms with Crippen LogP contribution in [0.1, 0.15) is 56.0 Å². The van der Waals surface area contributed by atoms with E-state index in [-0.39, 0.29) is 18.9 Å². The van der Waals surface area contributed by atoms with E-state index in [1.807, 2.05) is 12.3 Å². The third-order valence-corrected chi connectivity index (χ3v) is 4.60. The predicted molar refractivity (Wildman–Crippen MR) is 84.5 cm³/mol. The summed E-state index contributed by atoms with van der Waals surface area (Å²) in [5.41, 5.74) is 1.07. The van der Waals surface area contributed by atoms with Crippen LogP contribution in [0.5, 0.6) is 0 Å². The molecule has 2 aromatic rings. The topological polar surface area (TPSA) is 68.5 Å². The summed E-state index contributed by atoms with van der Waals surface area (Å²) in [4.78, 5) is 13.0. The van der Waals surface area contributed by atoms with Crippen molar-refractivity contribution in [1.29, 1.82) is 0 Å². The minimum absolute atomic E-state index is 0.0288. The van der Waals surface area contributed by atoms with Crippen LogP contribution >= 0.6 is 0 Å². The van der Waals surface area contributed by atoms with Crippen molar-refractivity contribution < 1.29 is 8.78 Å². The van der Waals surface area contributed by atoms with Crippen molar-refractivity contribution in [3.05, 3.63) is 23.8 Å². The molecule has 2 aliphatic rings. The first-order valence-electron chi connectivity index (χ1n) is 8.41. The molecule has 1 N–H and O–H groups in total. The molecule has 0 unspecified atom stereocenters. The number of nitrogens with zero attached hydrogens (tertiary/aromatic N) is 5. The van der Waals surface area contributed by atoms with Gasteiger partial charge in [0.2, 0.25) is 11.9 Å². The van der Waals surface area contributed by atoms with Gasteiger partial charge in [0.25, 0.3) is 5.95 Å². The molecule has 2 aromatic heterocycles. The molecule has 4 rings (SSSR count). The number of halogens is 2. The van der Waals surface area contributed by atoms with Crippen molar-refractivity contribution >= 4 is 5.95 Å². The molecule has 2 saturated carbocycles. The molecule has 128 valence electrons. The van der Waals surface area contributed by atoms with Gasteiger partial charge in [-0.05, 0) is 38.7 Å². The van der Waals surface area contributed by atoms with Gasteiger partial charge in [0, 0.05) is 31.0 Å². The largest absolute Gasteiger partial charge is 0.351 e. The van der Waals surface area contributed by atoms with Crippen LogP contribution in [0.3, 0.4) is 0 Å². The first kappa shape index (κ1) is 15.4. The minimum Gasteiger partial charge on any atom is -0.351 e. The Hall–Kier alpha value is -2.12. The molecule has 2 heterocycles. The number of nitrogens with one attached hydrogen (secondary N) is 1. The fourth-order valence-corrected chi connectivity index (χ4v) is 3.05. The van der Waals surface area contributed by atoms with Crippen molar-refractivity contribution in [1.82, 2.24) is 24.7 Å². The fourth-order valence-electron chi connectivity index (χ4n) is 3.05. The van der Waals surface area contributed by atoms with Gasteiger partial charge in [0.1, 0.15) is 5.82 Å². The number of anilines is 1. The fraction of sp³-hybridized carbons (Fsp3) is 0.625. The Labute approximate surface area is 138 Å². The van der Waals surface area contributed by atoms with Crippen LogP contribution in [0.4, 0.5) is 14.7 Å². The van der Waals surface area contributed by atoms with Crippen LogP contribution in [-0.4, -0.2) is 36.7 Å². The summed E-state index contributed by atoms with van der Waals surface area (Å²) in [6.07, 6.45) is 4.88. The summed E-state index contributed by atoms with van der Waals surface area (Å²) >= 11 is 0. The Bertz CT molecular complexity index is 730. The summed E-state index contributed by atoms with van der Waals surface area (Å²) < 4.78 is 28.2. The normalized spacial score (nSPS) is 21.0. The van der Waals surface area contributed by atoms with Crippen LogP contribution in [0.2, 0.25) is 0 Å². The van der Waals surface area contributed by atoms with Crippen LogP contribution in [0.15, 0.2) is 12.3 Å². The molecular weight excluding hydrogens is 314 g/mol. The van der Waals surface area contributed by atoms with Gasteiger partial charge in [-0.25, -0.2) is 13.5 Å². The first-order chi connectivity index (χ1) is 11.5. The van der Waals surface area contributed by atoms with Crippen molar-refractivity contribution in [2.75, 3.05) is 5.32 Å².